The van der Waals surface area contributed by atoms with Gasteiger partial charge in [0.25, 0.3) is 0 Å². The molecule has 0 atom stereocenters. The number of carbonyl (C=O) groups is 1. The molecule has 0 saturated carbocycles. The fraction of sp³-hybridized carbons (Fsp3) is 0.350. The molecule has 1 N–H and O–H groups in total. The zero-order valence-corrected chi connectivity index (χ0v) is 17.7. The first kappa shape index (κ1) is 20.3. The fourth-order valence-corrected chi connectivity index (χ4v) is 3.81. The molecule has 0 radical (unpaired) electrons. The van der Waals surface area contributed by atoms with Crippen LogP contribution >= 0.6 is 0 Å². The van der Waals surface area contributed by atoms with E-state index in [-0.39, 0.29) is 10.9 Å². The monoisotopic (exact) mass is 430 g/mol. The van der Waals surface area contributed by atoms with Crippen LogP contribution in [0, 0.1) is 5.92 Å². The van der Waals surface area contributed by atoms with E-state index in [0.29, 0.717) is 48.6 Å². The van der Waals surface area contributed by atoms with E-state index >= 15 is 0 Å². The lowest BCUT2D eigenvalue weighted by Crippen LogP contribution is -2.32. The van der Waals surface area contributed by atoms with Gasteiger partial charge in [0.2, 0.25) is 5.91 Å². The normalized spacial score (nSPS) is 14.5. The molecule has 3 aromatic rings. The smallest absolute Gasteiger partial charge is 0.222 e. The summed E-state index contributed by atoms with van der Waals surface area (Å²) in [5.41, 5.74) is 1.99. The van der Waals surface area contributed by atoms with Crippen molar-refractivity contribution < 1.29 is 22.7 Å². The maximum Gasteiger partial charge on any atom is 0.222 e. The molecule has 158 valence electrons. The van der Waals surface area contributed by atoms with Crippen LogP contribution in [0.4, 0.5) is 5.82 Å². The second-order valence-corrected chi connectivity index (χ2v) is 9.40. The number of hydrogen-bond donors (Lipinski definition) is 1. The van der Waals surface area contributed by atoms with Crippen molar-refractivity contribution in [2.24, 2.45) is 13.0 Å². The van der Waals surface area contributed by atoms with E-state index < -0.39 is 9.84 Å². The maximum atomic E-state index is 12.2. The highest BCUT2D eigenvalue weighted by molar-refractivity contribution is 7.90. The van der Waals surface area contributed by atoms with Gasteiger partial charge in [0.15, 0.2) is 14.9 Å². The number of nitrogens with one attached hydrogen (secondary N) is 1. The SMILES string of the molecule is CC(=O)Nc1cc2c(-c3cc(OCC4COC4)cc(S(C)(=O)=O)n3)cn(C)c2cn1. The number of aromatic nitrogens is 3. The van der Waals surface area contributed by atoms with E-state index in [2.05, 4.69) is 15.3 Å². The Labute approximate surface area is 174 Å². The molecule has 30 heavy (non-hydrogen) atoms. The Kier molecular flexibility index (Phi) is 5.20. The number of fused-ring (bicyclic) bond motifs is 1. The molecule has 1 amide bonds. The molecule has 0 spiro atoms. The molecule has 0 unspecified atom stereocenters. The first-order chi connectivity index (χ1) is 14.2. The third-order valence-corrected chi connectivity index (χ3v) is 5.77. The van der Waals surface area contributed by atoms with Crippen molar-refractivity contribution in [1.82, 2.24) is 14.5 Å². The average molecular weight is 430 g/mol. The highest BCUT2D eigenvalue weighted by atomic mass is 32.2. The predicted octanol–water partition coefficient (Wildman–Crippen LogP) is 2.02. The number of amides is 1. The van der Waals surface area contributed by atoms with Gasteiger partial charge in [0, 0.05) is 55.4 Å². The Hall–Kier alpha value is -2.98. The summed E-state index contributed by atoms with van der Waals surface area (Å²) in [6.45, 7) is 3.13. The standard InChI is InChI=1S/C20H22N4O5S/c1-12(25)22-19-6-15-16(8-24(2)18(15)7-21-19)17-4-14(29-11-13-9-28-10-13)5-20(23-17)30(3,26)27/h4-8,13H,9-11H2,1-3H3,(H,21,22,25). The molecule has 1 aliphatic rings. The number of nitrogens with zero attached hydrogens (tertiary/aromatic N) is 3. The van der Waals surface area contributed by atoms with Crippen LogP contribution in [-0.2, 0) is 26.4 Å². The predicted molar refractivity (Wildman–Crippen MR) is 111 cm³/mol. The molecule has 3 aromatic heterocycles. The summed E-state index contributed by atoms with van der Waals surface area (Å²) in [6, 6.07) is 4.91. The highest BCUT2D eigenvalue weighted by Crippen LogP contribution is 2.33. The third-order valence-electron chi connectivity index (χ3n) is 4.80. The van der Waals surface area contributed by atoms with Crippen LogP contribution < -0.4 is 10.1 Å². The number of sulfone groups is 1. The van der Waals surface area contributed by atoms with Crippen LogP contribution in [0.25, 0.3) is 22.2 Å². The van der Waals surface area contributed by atoms with E-state index in [9.17, 15) is 13.2 Å². The van der Waals surface area contributed by atoms with Gasteiger partial charge in [-0.15, -0.1) is 0 Å². The lowest BCUT2D eigenvalue weighted by molar-refractivity contribution is -0.114. The van der Waals surface area contributed by atoms with Crippen LogP contribution in [0.2, 0.25) is 0 Å². The number of hydrogen-bond acceptors (Lipinski definition) is 7. The second-order valence-electron chi connectivity index (χ2n) is 7.43. The molecule has 4 heterocycles. The first-order valence-corrected chi connectivity index (χ1v) is 11.3. The van der Waals surface area contributed by atoms with Crippen LogP contribution in [0.15, 0.2) is 35.6 Å². The quantitative estimate of drug-likeness (QED) is 0.637. The zero-order valence-electron chi connectivity index (χ0n) is 16.9. The Morgan fingerprint density at radius 3 is 2.73 bits per heavy atom. The van der Waals surface area contributed by atoms with Gasteiger partial charge in [-0.3, -0.25) is 4.79 Å². The molecule has 0 aromatic carbocycles. The molecular weight excluding hydrogens is 408 g/mol. The fourth-order valence-electron chi connectivity index (χ4n) is 3.22. The molecule has 0 bridgehead atoms. The van der Waals surface area contributed by atoms with Crippen molar-refractivity contribution in [3.63, 3.8) is 0 Å². The molecule has 4 rings (SSSR count). The summed E-state index contributed by atoms with van der Waals surface area (Å²) in [6.07, 6.45) is 4.62. The Morgan fingerprint density at radius 2 is 2.10 bits per heavy atom. The summed E-state index contributed by atoms with van der Waals surface area (Å²) in [7, 11) is -1.69. The zero-order chi connectivity index (χ0) is 21.5. The van der Waals surface area contributed by atoms with Crippen molar-refractivity contribution in [1.29, 1.82) is 0 Å². The largest absolute Gasteiger partial charge is 0.493 e. The minimum atomic E-state index is -3.55. The van der Waals surface area contributed by atoms with Crippen molar-refractivity contribution in [3.05, 3.63) is 30.6 Å². The van der Waals surface area contributed by atoms with E-state index in [1.54, 1.807) is 18.3 Å². The Morgan fingerprint density at radius 1 is 1.33 bits per heavy atom. The van der Waals surface area contributed by atoms with Crippen LogP contribution in [-0.4, -0.2) is 54.9 Å². The summed E-state index contributed by atoms with van der Waals surface area (Å²) in [4.78, 5) is 20.0. The van der Waals surface area contributed by atoms with Crippen LogP contribution in [0.3, 0.4) is 0 Å². The van der Waals surface area contributed by atoms with Gasteiger partial charge in [-0.05, 0) is 6.07 Å². The molecule has 10 heteroatoms. The molecule has 1 saturated heterocycles. The molecular formula is C20H22N4O5S. The number of rotatable bonds is 6. The van der Waals surface area contributed by atoms with E-state index in [4.69, 9.17) is 9.47 Å². The van der Waals surface area contributed by atoms with Gasteiger partial charge in [0.05, 0.1) is 37.2 Å². The second kappa shape index (κ2) is 7.69. The van der Waals surface area contributed by atoms with Gasteiger partial charge in [-0.25, -0.2) is 18.4 Å². The minimum absolute atomic E-state index is 0.0620. The van der Waals surface area contributed by atoms with Crippen molar-refractivity contribution in [2.45, 2.75) is 11.9 Å². The van der Waals surface area contributed by atoms with Crippen LogP contribution in [0.1, 0.15) is 6.92 Å². The molecule has 1 aliphatic heterocycles. The van der Waals surface area contributed by atoms with Crippen molar-refractivity contribution >= 4 is 32.5 Å². The number of carbonyl (C=O) groups excluding carboxylic acids is 1. The van der Waals surface area contributed by atoms with Crippen molar-refractivity contribution in [2.75, 3.05) is 31.4 Å². The molecule has 0 aliphatic carbocycles. The van der Waals surface area contributed by atoms with Gasteiger partial charge in [-0.1, -0.05) is 0 Å². The molecule has 9 nitrogen and oxygen atoms in total. The number of aryl methyl sites for hydroxylation is 1. The minimum Gasteiger partial charge on any atom is -0.493 e. The molecule has 1 fully saturated rings. The third kappa shape index (κ3) is 4.14. The number of pyridine rings is 2. The summed E-state index contributed by atoms with van der Waals surface area (Å²) in [5, 5.41) is 3.39. The lowest BCUT2D eigenvalue weighted by Gasteiger charge is -2.25. The van der Waals surface area contributed by atoms with Crippen LogP contribution in [0.5, 0.6) is 5.75 Å². The van der Waals surface area contributed by atoms with Gasteiger partial charge >= 0.3 is 0 Å². The highest BCUT2D eigenvalue weighted by Gasteiger charge is 2.21. The average Bonchev–Trinajstić information content (AvgIpc) is 2.95. The summed E-state index contributed by atoms with van der Waals surface area (Å²) >= 11 is 0. The Bertz CT molecular complexity index is 1230. The van der Waals surface area contributed by atoms with Gasteiger partial charge in [0.1, 0.15) is 11.6 Å². The van der Waals surface area contributed by atoms with E-state index in [0.717, 1.165) is 17.2 Å². The number of anilines is 1. The Balaban J connectivity index is 1.81. The topological polar surface area (TPSA) is 112 Å². The maximum absolute atomic E-state index is 12.2. The van der Waals surface area contributed by atoms with Crippen molar-refractivity contribution in [3.8, 4) is 17.0 Å². The van der Waals surface area contributed by atoms with E-state index in [1.807, 2.05) is 17.8 Å². The first-order valence-electron chi connectivity index (χ1n) is 9.36. The van der Waals surface area contributed by atoms with Gasteiger partial charge in [-0.2, -0.15) is 0 Å². The van der Waals surface area contributed by atoms with E-state index in [1.165, 1.54) is 13.0 Å². The lowest BCUT2D eigenvalue weighted by atomic mass is 10.1. The number of ether oxygens (including phenoxy) is 2. The summed E-state index contributed by atoms with van der Waals surface area (Å²) < 4.78 is 37.3. The van der Waals surface area contributed by atoms with Gasteiger partial charge < -0.3 is 19.4 Å². The summed E-state index contributed by atoms with van der Waals surface area (Å²) in [5.74, 6) is 0.906.